The Morgan fingerprint density at radius 2 is 0.779 bits per heavy atom. The Morgan fingerprint density at radius 1 is 0.407 bits per heavy atom. The molecule has 18 aromatic rings. The number of esters is 4. The van der Waals surface area contributed by atoms with Crippen LogP contribution in [0.15, 0.2) is 251 Å². The maximum absolute atomic E-state index is 12.5. The summed E-state index contributed by atoms with van der Waals surface area (Å²) >= 11 is 51.9. The first-order chi connectivity index (χ1) is 69.7. The highest BCUT2D eigenvalue weighted by Gasteiger charge is 2.22. The number of hydrogen-bond acceptors (Lipinski definition) is 27. The summed E-state index contributed by atoms with van der Waals surface area (Å²) in [4.78, 5) is 110. The average molecular weight is 2300 g/mol. The summed E-state index contributed by atoms with van der Waals surface area (Å²) in [5, 5.41) is 23.0. The molecule has 45 heteroatoms. The van der Waals surface area contributed by atoms with E-state index in [1.54, 1.807) is 97.6 Å². The van der Waals surface area contributed by atoms with Crippen molar-refractivity contribution in [3.05, 3.63) is 316 Å². The molecule has 0 spiro atoms. The number of nitrogens with one attached hydrogen (secondary N) is 2. The van der Waals surface area contributed by atoms with E-state index in [-0.39, 0.29) is 89.0 Å². The Bertz CT molecular complexity index is 7470. The number of halogens is 10. The molecule has 0 saturated carbocycles. The van der Waals surface area contributed by atoms with E-state index in [1.807, 2.05) is 199 Å². The molecule has 0 radical (unpaired) electrons. The molecular formula is C100H93BBr3Cl7N18O16. The van der Waals surface area contributed by atoms with E-state index in [0.717, 1.165) is 93.0 Å². The van der Waals surface area contributed by atoms with Gasteiger partial charge in [-0.15, -0.1) is 11.6 Å². The summed E-state index contributed by atoms with van der Waals surface area (Å²) in [7, 11) is 4.79. The molecule has 0 saturated heterocycles. The van der Waals surface area contributed by atoms with E-state index in [0.29, 0.717) is 116 Å². The van der Waals surface area contributed by atoms with Gasteiger partial charge in [-0.1, -0.05) is 112 Å². The second-order valence-corrected chi connectivity index (χ2v) is 35.3. The molecule has 0 aliphatic rings. The van der Waals surface area contributed by atoms with Gasteiger partial charge in [0.15, 0.2) is 11.4 Å². The number of imidazole rings is 6. The number of methoxy groups -OCH3 is 4. The zero-order valence-corrected chi connectivity index (χ0v) is 88.7. The van der Waals surface area contributed by atoms with Gasteiger partial charge in [0, 0.05) is 64.6 Å². The molecule has 145 heavy (non-hydrogen) atoms. The first kappa shape index (κ1) is 112. The summed E-state index contributed by atoms with van der Waals surface area (Å²) in [5.74, 6) is 2.17. The number of benzene rings is 4. The molecule has 1 amide bonds. The summed E-state index contributed by atoms with van der Waals surface area (Å²) in [6, 6.07) is 62.3. The van der Waals surface area contributed by atoms with Crippen LogP contribution < -0.4 is 41.2 Å². The van der Waals surface area contributed by atoms with Gasteiger partial charge in [0.1, 0.15) is 90.0 Å². The fourth-order valence-electron chi connectivity index (χ4n) is 13.7. The number of pyridine rings is 8. The largest absolute Gasteiger partial charge is 0.497 e. The number of amides is 1. The number of H-pyrrole nitrogens is 1. The van der Waals surface area contributed by atoms with E-state index in [1.165, 1.54) is 19.2 Å². The Labute approximate surface area is 891 Å². The van der Waals surface area contributed by atoms with Crippen LogP contribution in [0.4, 0.5) is 17.3 Å². The maximum Gasteiger partial charge on any atom is 0.489 e. The van der Waals surface area contributed by atoms with Crippen molar-refractivity contribution < 1.29 is 76.7 Å². The summed E-state index contributed by atoms with van der Waals surface area (Å²) in [5.41, 5.74) is 26.0. The number of ether oxygens (including phenoxy) is 8. The topological polar surface area (TPSA) is 435 Å². The van der Waals surface area contributed by atoms with Crippen molar-refractivity contribution in [3.63, 3.8) is 0 Å². The lowest BCUT2D eigenvalue weighted by molar-refractivity contribution is -0.145. The molecule has 0 unspecified atom stereocenters. The van der Waals surface area contributed by atoms with Crippen molar-refractivity contribution in [2.75, 3.05) is 77.5 Å². The highest BCUT2D eigenvalue weighted by atomic mass is 79.9. The van der Waals surface area contributed by atoms with Crippen LogP contribution in [-0.2, 0) is 79.8 Å². The van der Waals surface area contributed by atoms with Gasteiger partial charge in [-0.05, 0) is 239 Å². The number of anilines is 3. The molecule has 8 N–H and O–H groups in total. The Morgan fingerprint density at radius 3 is 1.16 bits per heavy atom. The number of rotatable bonds is 26. The smallest absolute Gasteiger partial charge is 0.489 e. The second kappa shape index (κ2) is 55.0. The van der Waals surface area contributed by atoms with Crippen LogP contribution in [-0.4, -0.2) is 185 Å². The number of hydrogen-bond donors (Lipinski definition) is 6. The van der Waals surface area contributed by atoms with Gasteiger partial charge in [-0.3, -0.25) is 50.8 Å². The lowest BCUT2D eigenvalue weighted by atomic mass is 9.80. The minimum atomic E-state index is -1.54. The molecule has 0 aliphatic carbocycles. The Balaban J connectivity index is 0.000000163. The third-order valence-corrected chi connectivity index (χ3v) is 23.8. The van der Waals surface area contributed by atoms with E-state index in [4.69, 9.17) is 141 Å². The number of aromatic nitrogens is 15. The van der Waals surface area contributed by atoms with Crippen molar-refractivity contribution >= 4 is 234 Å². The van der Waals surface area contributed by atoms with Crippen molar-refractivity contribution in [2.45, 2.75) is 66.2 Å². The molecule has 0 bridgehead atoms. The number of nitrogen functional groups attached to an aromatic ring is 2. The predicted octanol–water partition coefficient (Wildman–Crippen LogP) is 20.0. The van der Waals surface area contributed by atoms with Crippen LogP contribution in [0.5, 0.6) is 23.0 Å². The van der Waals surface area contributed by atoms with Gasteiger partial charge in [0.2, 0.25) is 5.91 Å². The Hall–Kier alpha value is -13.5. The summed E-state index contributed by atoms with van der Waals surface area (Å²) < 4.78 is 52.0. The van der Waals surface area contributed by atoms with Crippen LogP contribution in [0.2, 0.25) is 30.4 Å². The lowest BCUT2D eigenvalue weighted by Gasteiger charge is -2.09. The molecule has 4 aromatic carbocycles. The van der Waals surface area contributed by atoms with Crippen LogP contribution in [0.1, 0.15) is 68.4 Å². The fraction of sp³-hybridized carbons (Fsp3) is 0.190. The Kier molecular flexibility index (Phi) is 42.4. The quantitative estimate of drug-likeness (QED) is 0.00732. The van der Waals surface area contributed by atoms with Gasteiger partial charge in [0.05, 0.1) is 167 Å². The fourth-order valence-corrected chi connectivity index (χ4v) is 16.4. The number of alkyl halides is 1. The van der Waals surface area contributed by atoms with Crippen LogP contribution in [0.25, 0.3) is 73.2 Å². The zero-order chi connectivity index (χ0) is 105. The average Bonchev–Trinajstić information content (AvgIpc) is 1.66. The number of nitrogens with two attached hydrogens (primary N) is 2. The number of ketones is 1. The normalized spacial score (nSPS) is 10.6. The molecule has 0 atom stereocenters. The molecule has 752 valence electrons. The SMILES string of the molecule is CCOC(=O)CC(=O)CCl.CCOC(=O)Cc1cn2c(-c3ccc(OC)cc3Cl)cccc2n1.CCOC(=O)Cc1cn2c(Br)cccc2n1.CCOC(=O)Cc1cn2c(Br)cccc2n1.COc1ccc(-c2cccc3nc(CC(=O)Nc4ccc(Cl)nc4N)cn23)c(Cl)c1.COc1ccc(-c2cccc3nc(Cc4nc5nc(Cl)ccc5[nH]4)cn23)c(Cl)c1.COc1ccc(B(O)O)c(Cl)c1.Nc1cccc(Br)n1. The minimum Gasteiger partial charge on any atom is -0.497 e. The molecule has 14 heterocycles. The third kappa shape index (κ3) is 32.3. The van der Waals surface area contributed by atoms with E-state index < -0.39 is 13.1 Å². The molecule has 34 nitrogen and oxygen atoms in total. The minimum absolute atomic E-state index is 0.0690. The number of nitrogens with zero attached hydrogens (tertiary/aromatic N) is 14. The molecule has 18 rings (SSSR count). The zero-order valence-electron chi connectivity index (χ0n) is 78.7. The highest BCUT2D eigenvalue weighted by Crippen LogP contribution is 2.36. The van der Waals surface area contributed by atoms with Gasteiger partial charge in [-0.25, -0.2) is 44.9 Å². The lowest BCUT2D eigenvalue weighted by Crippen LogP contribution is -2.30. The number of Topliss-reactive ketones (excluding diaryl/α,β-unsaturated/α-hetero) is 1. The van der Waals surface area contributed by atoms with Crippen molar-refractivity contribution in [2.24, 2.45) is 0 Å². The van der Waals surface area contributed by atoms with Crippen LogP contribution >= 0.6 is 129 Å². The van der Waals surface area contributed by atoms with E-state index >= 15 is 0 Å². The molecule has 0 fully saturated rings. The number of carbonyl (C=O) groups is 6. The van der Waals surface area contributed by atoms with Gasteiger partial charge in [-0.2, -0.15) is 0 Å². The first-order valence-corrected chi connectivity index (χ1v) is 49.1. The highest BCUT2D eigenvalue weighted by molar-refractivity contribution is 9.11. The van der Waals surface area contributed by atoms with Crippen molar-refractivity contribution in [1.82, 2.24) is 71.8 Å². The maximum atomic E-state index is 12.5. The predicted molar refractivity (Wildman–Crippen MR) is 572 cm³/mol. The molecule has 14 aromatic heterocycles. The van der Waals surface area contributed by atoms with Gasteiger partial charge < -0.3 is 69.7 Å². The number of carbonyl (C=O) groups excluding carboxylic acids is 6. The van der Waals surface area contributed by atoms with E-state index in [2.05, 4.69) is 103 Å². The standard InChI is InChI=1S/C21H17Cl2N5O2.C21H15Cl2N5O.C18H17ClN2O3.2C11H11BrN2O2.C7H8BClO3.C6H9ClO3.C5H5BrN2/c1-30-13-5-6-14(15(22)10-13)17-3-2-4-19-25-12(11-28(17)19)9-20(29)26-16-7-8-18(23)27-21(16)24;1-29-13-5-6-14(15(22)10-13)17-3-2-4-20-24-12(11-28(17)20)9-19-25-16-7-8-18(23)26-21(16)27-19;1-3-24-18(22)9-12-11-21-16(5-4-6-17(21)20-12)14-8-7-13(23-2)10-15(14)19;2*1-2-16-11(15)6-8-7-14-9(12)4-3-5-10(14)13-8;1-12-5-2-3-6(8(10)11)7(9)4-5;1-2-10-6(9)3-5(8)4-7;6-4-2-1-3-5(7)8-4/h2-8,10-11H,9H2,1H3,(H2,24,27)(H,26,29);2-8,10-11H,9H2,1H3,(H,25,26,27);4-8,10-11H,3,9H2,1-2H3;2*3-5,7H,2,6H2,1H3;2-4,10-11H,1H3;2-4H2,1H3;1-3H,(H2,7,8). The molecule has 0 aliphatic heterocycles. The van der Waals surface area contributed by atoms with Crippen molar-refractivity contribution in [1.29, 1.82) is 0 Å². The first-order valence-electron chi connectivity index (χ1n) is 43.9. The van der Waals surface area contributed by atoms with Crippen LogP contribution in [0, 0.1) is 0 Å². The van der Waals surface area contributed by atoms with Gasteiger partial charge in [0.25, 0.3) is 0 Å². The van der Waals surface area contributed by atoms with E-state index in [9.17, 15) is 28.8 Å². The summed E-state index contributed by atoms with van der Waals surface area (Å²) in [6.45, 7) is 8.50. The number of fused-ring (bicyclic) bond motifs is 6. The van der Waals surface area contributed by atoms with Crippen LogP contribution in [0.3, 0.4) is 0 Å². The third-order valence-electron chi connectivity index (χ3n) is 20.1. The van der Waals surface area contributed by atoms with Gasteiger partial charge >= 0.3 is 31.0 Å². The van der Waals surface area contributed by atoms with Crippen molar-refractivity contribution in [3.8, 4) is 56.8 Å². The second-order valence-electron chi connectivity index (χ2n) is 30.2. The summed E-state index contributed by atoms with van der Waals surface area (Å²) in [6.07, 6.45) is 10.3. The number of aromatic amines is 1. The monoisotopic (exact) mass is 2290 g/mol. The molecular weight excluding hydrogens is 2210 g/mol.